The molecule has 0 N–H and O–H groups in total. The van der Waals surface area contributed by atoms with Gasteiger partial charge in [-0.25, -0.2) is 4.98 Å². The van der Waals surface area contributed by atoms with Crippen LogP contribution >= 0.6 is 0 Å². The molecule has 0 saturated heterocycles. The molecule has 7 aromatic carbocycles. The van der Waals surface area contributed by atoms with Gasteiger partial charge in [0, 0.05) is 44.3 Å². The third kappa shape index (κ3) is 6.52. The van der Waals surface area contributed by atoms with E-state index in [9.17, 15) is 5.48 Å². The van der Waals surface area contributed by atoms with Crippen LogP contribution in [0.1, 0.15) is 82.6 Å². The van der Waals surface area contributed by atoms with Gasteiger partial charge in [0.2, 0.25) is 0 Å². The molecule has 340 valence electrons. The van der Waals surface area contributed by atoms with Crippen LogP contribution in [0.4, 0.5) is 0 Å². The van der Waals surface area contributed by atoms with E-state index in [1.165, 1.54) is 44.1 Å². The Kier molecular flexibility index (Phi) is 7.37. The number of hydrogen-bond donors (Lipinski definition) is 0. The van der Waals surface area contributed by atoms with Crippen molar-refractivity contribution in [1.82, 2.24) is 14.1 Å². The molecule has 7 aliphatic rings. The number of nitrogens with zero attached hydrogens (tertiary/aromatic N) is 4. The molecule has 6 bridgehead atoms. The van der Waals surface area contributed by atoms with E-state index in [4.69, 9.17) is 17.9 Å². The number of pyridine rings is 1. The number of imidazole rings is 1. The van der Waals surface area contributed by atoms with Gasteiger partial charge in [0.15, 0.2) is 0 Å². The predicted octanol–water partition coefficient (Wildman–Crippen LogP) is 14.4. The zero-order chi connectivity index (χ0) is 53.3. The van der Waals surface area contributed by atoms with Crippen molar-refractivity contribution in [3.63, 3.8) is 0 Å². The first-order valence-corrected chi connectivity index (χ1v) is 24.1. The van der Waals surface area contributed by atoms with Crippen LogP contribution in [0.2, 0.25) is 0 Å². The monoisotopic (exact) mass is 1080 g/mol. The van der Waals surface area contributed by atoms with Crippen molar-refractivity contribution < 1.29 is 44.1 Å². The fraction of sp³-hybridized carbons (Fsp3) is 0.238. The Labute approximate surface area is 431 Å². The molecule has 7 fully saturated rings. The van der Waals surface area contributed by atoms with Gasteiger partial charge in [-0.15, -0.1) is 29.7 Å². The van der Waals surface area contributed by atoms with Gasteiger partial charge < -0.3 is 13.9 Å². The summed E-state index contributed by atoms with van der Waals surface area (Å²) in [6, 6.07) is 36.0. The largest absolute Gasteiger partial charge is 0.510 e. The van der Waals surface area contributed by atoms with Crippen molar-refractivity contribution >= 4 is 32.8 Å². The summed E-state index contributed by atoms with van der Waals surface area (Å²) in [6.07, 6.45) is 16.1. The van der Waals surface area contributed by atoms with Crippen LogP contribution in [-0.2, 0) is 31.9 Å². The fourth-order valence-electron chi connectivity index (χ4n) is 13.8. The SMILES string of the molecule is [2H]c1c([2H])c([2H])c(-c2cc(C34CC(C3)C4)cc(-c3c([2H])c([2H])c([2H])c([2H])c3[2H])c2-[n+]2[c-]n(-c3[c-]c(Oc4[c-]c5c(cc4)c4ccccc4n5-c4cc(C56CC7CC(CC(C7)C5)C6)ccn4)ccc3)c3ccccc32)c([2H])c1[2H].[Pt]. The molecule has 5 nitrogen and oxygen atoms in total. The van der Waals surface area contributed by atoms with Crippen molar-refractivity contribution in [2.75, 3.05) is 0 Å². The molecule has 7 aliphatic carbocycles. The van der Waals surface area contributed by atoms with E-state index >= 15 is 0 Å². The summed E-state index contributed by atoms with van der Waals surface area (Å²) in [5.74, 6) is 4.71. The summed E-state index contributed by atoms with van der Waals surface area (Å²) in [6.45, 7) is 0. The van der Waals surface area contributed by atoms with E-state index in [2.05, 4.69) is 65.5 Å². The van der Waals surface area contributed by atoms with Crippen LogP contribution in [0.25, 0.3) is 72.3 Å². The molecule has 0 amide bonds. The second kappa shape index (κ2) is 15.7. The minimum absolute atomic E-state index is 0. The summed E-state index contributed by atoms with van der Waals surface area (Å²) in [5.41, 5.74) is 6.36. The number of hydrogen-bond acceptors (Lipinski definition) is 2. The zero-order valence-corrected chi connectivity index (χ0v) is 39.9. The molecule has 7 saturated carbocycles. The molecule has 0 radical (unpaired) electrons. The van der Waals surface area contributed by atoms with Gasteiger partial charge in [-0.05, 0) is 155 Å². The number of benzene rings is 7. The van der Waals surface area contributed by atoms with E-state index in [0.29, 0.717) is 34.1 Å². The van der Waals surface area contributed by atoms with E-state index < -0.39 is 60.4 Å². The maximum atomic E-state index is 9.32. The average Bonchev–Trinajstić information content (AvgIpc) is 3.52. The van der Waals surface area contributed by atoms with Gasteiger partial charge in [0.25, 0.3) is 6.33 Å². The molecule has 3 aromatic heterocycles. The van der Waals surface area contributed by atoms with Crippen LogP contribution in [0.5, 0.6) is 11.5 Å². The Bertz CT molecular complexity index is 4060. The maximum Gasteiger partial charge on any atom is 0.268 e. The van der Waals surface area contributed by atoms with Crippen LogP contribution in [0.3, 0.4) is 0 Å². The smallest absolute Gasteiger partial charge is 0.268 e. The summed E-state index contributed by atoms with van der Waals surface area (Å²) < 4.78 is 102. The topological polar surface area (TPSA) is 35.9 Å². The number of para-hydroxylation sites is 3. The van der Waals surface area contributed by atoms with Crippen molar-refractivity contribution in [3.05, 3.63) is 199 Å². The number of rotatable bonds is 9. The molecular formula is C63H50N4OPt-2. The standard InChI is InChI=1S/C63H50N4O.Pt/c1-3-12-45(13-4-1)54-29-48(63-37-44(38-63)39-63)30-55(46-14-5-2-6-15-46)61(54)66-40-65(57-20-9-10-21-58(57)66)49-16-11-17-50(32-49)68-51-22-23-53-52-18-7-8-19-56(52)67(59(53)33-51)60-31-47(24-25-64-60)62-34-41-26-42(35-62)28-43(27-41)36-62;/h1-25,29-31,41-44H,26-28,34-39H2;/q-2;/i1D,2D,3D,4D,5D,6D,12D,13D,14D,15D;. The first-order valence-electron chi connectivity index (χ1n) is 29.1. The fourth-order valence-corrected chi connectivity index (χ4v) is 13.8. The molecule has 0 spiro atoms. The molecule has 69 heavy (non-hydrogen) atoms. The van der Waals surface area contributed by atoms with Gasteiger partial charge in [-0.1, -0.05) is 121 Å². The van der Waals surface area contributed by atoms with E-state index in [1.54, 1.807) is 9.13 Å². The Morgan fingerprint density at radius 2 is 1.22 bits per heavy atom. The van der Waals surface area contributed by atoms with E-state index in [-0.39, 0.29) is 59.8 Å². The van der Waals surface area contributed by atoms with Crippen LogP contribution in [0.15, 0.2) is 170 Å². The Balaban J connectivity index is 0.00000564. The summed E-state index contributed by atoms with van der Waals surface area (Å²) in [5, 5.41) is 2.12. The van der Waals surface area contributed by atoms with Gasteiger partial charge in [-0.3, -0.25) is 4.57 Å². The zero-order valence-electron chi connectivity index (χ0n) is 47.6. The number of ether oxygens (including phenoxy) is 1. The van der Waals surface area contributed by atoms with Crippen LogP contribution < -0.4 is 9.30 Å². The number of fused-ring (bicyclic) bond motifs is 4. The summed E-state index contributed by atoms with van der Waals surface area (Å²) >= 11 is 0. The van der Waals surface area contributed by atoms with Crippen molar-refractivity contribution in [2.45, 2.75) is 68.6 Å². The second-order valence-electron chi connectivity index (χ2n) is 20.5. The molecule has 0 aliphatic heterocycles. The summed E-state index contributed by atoms with van der Waals surface area (Å²) in [7, 11) is 0. The normalized spacial score (nSPS) is 26.0. The average molecular weight is 1080 g/mol. The van der Waals surface area contributed by atoms with Gasteiger partial charge in [0.05, 0.1) is 30.4 Å². The molecule has 6 heteroatoms. The maximum absolute atomic E-state index is 9.32. The Morgan fingerprint density at radius 3 is 1.90 bits per heavy atom. The third-order valence-electron chi connectivity index (χ3n) is 16.5. The minimum Gasteiger partial charge on any atom is -0.510 e. The minimum atomic E-state index is -0.542. The molecule has 17 rings (SSSR count). The van der Waals surface area contributed by atoms with Crippen LogP contribution in [-0.4, -0.2) is 14.1 Å². The van der Waals surface area contributed by atoms with Crippen molar-refractivity contribution in [1.29, 1.82) is 0 Å². The van der Waals surface area contributed by atoms with Crippen molar-refractivity contribution in [2.24, 2.45) is 23.7 Å². The van der Waals surface area contributed by atoms with Crippen LogP contribution in [0, 0.1) is 42.1 Å². The molecule has 0 unspecified atom stereocenters. The first-order chi connectivity index (χ1) is 37.7. The van der Waals surface area contributed by atoms with E-state index in [0.717, 1.165) is 70.2 Å². The van der Waals surface area contributed by atoms with Gasteiger partial charge >= 0.3 is 0 Å². The van der Waals surface area contributed by atoms with Gasteiger partial charge in [0.1, 0.15) is 5.82 Å². The number of aromatic nitrogens is 4. The van der Waals surface area contributed by atoms with E-state index in [1.807, 2.05) is 66.9 Å². The second-order valence-corrected chi connectivity index (χ2v) is 20.5. The molecule has 10 aromatic rings. The molecular weight excluding hydrogens is 1020 g/mol. The molecule has 0 atom stereocenters. The molecule has 3 heterocycles. The Hall–Kier alpha value is -6.55. The first kappa shape index (κ1) is 32.3. The summed E-state index contributed by atoms with van der Waals surface area (Å²) in [4.78, 5) is 5.03. The van der Waals surface area contributed by atoms with Crippen molar-refractivity contribution in [3.8, 4) is 50.9 Å². The Morgan fingerprint density at radius 1 is 0.594 bits per heavy atom. The quantitative estimate of drug-likeness (QED) is 0.107. The van der Waals surface area contributed by atoms with Gasteiger partial charge in [-0.2, -0.15) is 18.2 Å². The predicted molar refractivity (Wildman–Crippen MR) is 270 cm³/mol. The third-order valence-corrected chi connectivity index (χ3v) is 16.5.